The van der Waals surface area contributed by atoms with E-state index >= 15 is 0 Å². The van der Waals surface area contributed by atoms with Gasteiger partial charge in [0.1, 0.15) is 0 Å². The first-order valence-corrected chi connectivity index (χ1v) is 6.84. The molecule has 0 spiro atoms. The highest BCUT2D eigenvalue weighted by Crippen LogP contribution is 2.21. The summed E-state index contributed by atoms with van der Waals surface area (Å²) < 4.78 is 6.29. The number of ether oxygens (including phenoxy) is 1. The van der Waals surface area contributed by atoms with Gasteiger partial charge in [-0.3, -0.25) is 4.79 Å². The summed E-state index contributed by atoms with van der Waals surface area (Å²) in [6, 6.07) is 5.19. The van der Waals surface area contributed by atoms with Gasteiger partial charge in [-0.1, -0.05) is 0 Å². The normalized spacial score (nSPS) is 20.7. The predicted octanol–water partition coefficient (Wildman–Crippen LogP) is 2.33. The molecule has 98 valence electrons. The Morgan fingerprint density at radius 3 is 3.00 bits per heavy atom. The molecule has 0 radical (unpaired) electrons. The number of nitrogens with two attached hydrogens (primary N) is 1. The first kappa shape index (κ1) is 13.4. The fourth-order valence-corrected chi connectivity index (χ4v) is 2.43. The van der Waals surface area contributed by atoms with E-state index in [0.29, 0.717) is 11.3 Å². The Labute approximate surface area is 115 Å². The number of benzene rings is 1. The smallest absolute Gasteiger partial charge is 0.251 e. The molecule has 3 N–H and O–H groups in total. The Bertz CT molecular complexity index is 445. The van der Waals surface area contributed by atoms with Crippen molar-refractivity contribution < 1.29 is 9.53 Å². The van der Waals surface area contributed by atoms with Crippen LogP contribution in [0.15, 0.2) is 22.7 Å². The summed E-state index contributed by atoms with van der Waals surface area (Å²) in [7, 11) is 0. The molecule has 1 aromatic rings. The number of carbonyl (C=O) groups excluding carboxylic acids is 1. The van der Waals surface area contributed by atoms with Crippen molar-refractivity contribution in [2.45, 2.75) is 31.9 Å². The summed E-state index contributed by atoms with van der Waals surface area (Å²) in [6.07, 6.45) is 2.21. The van der Waals surface area contributed by atoms with Crippen LogP contribution in [0.4, 0.5) is 5.69 Å². The number of amides is 1. The zero-order valence-electron chi connectivity index (χ0n) is 10.3. The molecule has 2 rings (SSSR count). The van der Waals surface area contributed by atoms with Crippen LogP contribution in [-0.4, -0.2) is 24.7 Å². The largest absolute Gasteiger partial charge is 0.398 e. The van der Waals surface area contributed by atoms with Gasteiger partial charge in [0.05, 0.1) is 12.1 Å². The van der Waals surface area contributed by atoms with Crippen LogP contribution in [0.2, 0.25) is 0 Å². The number of hydrogen-bond donors (Lipinski definition) is 2. The number of halogens is 1. The summed E-state index contributed by atoms with van der Waals surface area (Å²) in [5.74, 6) is -0.0984. The van der Waals surface area contributed by atoms with Crippen molar-refractivity contribution in [2.75, 3.05) is 12.3 Å². The van der Waals surface area contributed by atoms with Crippen molar-refractivity contribution >= 4 is 27.5 Å². The van der Waals surface area contributed by atoms with Crippen molar-refractivity contribution in [3.05, 3.63) is 28.2 Å². The van der Waals surface area contributed by atoms with Gasteiger partial charge < -0.3 is 15.8 Å². The Morgan fingerprint density at radius 2 is 2.39 bits per heavy atom. The van der Waals surface area contributed by atoms with E-state index < -0.39 is 0 Å². The number of anilines is 1. The standard InChI is InChI=1S/C13H17BrN2O2/c1-8(12-3-2-6-18-12)16-13(17)9-4-5-11(15)10(14)7-9/h4-5,7-8,12H,2-3,6,15H2,1H3,(H,16,17). The zero-order valence-corrected chi connectivity index (χ0v) is 11.9. The van der Waals surface area contributed by atoms with Gasteiger partial charge in [-0.05, 0) is 53.9 Å². The van der Waals surface area contributed by atoms with Crippen LogP contribution in [0.5, 0.6) is 0 Å². The van der Waals surface area contributed by atoms with Gasteiger partial charge >= 0.3 is 0 Å². The summed E-state index contributed by atoms with van der Waals surface area (Å²) >= 11 is 3.32. The van der Waals surface area contributed by atoms with Gasteiger partial charge in [-0.25, -0.2) is 0 Å². The first-order chi connectivity index (χ1) is 8.58. The molecule has 4 nitrogen and oxygen atoms in total. The van der Waals surface area contributed by atoms with E-state index in [9.17, 15) is 4.79 Å². The number of hydrogen-bond acceptors (Lipinski definition) is 3. The maximum absolute atomic E-state index is 12.0. The summed E-state index contributed by atoms with van der Waals surface area (Å²) in [4.78, 5) is 12.0. The summed E-state index contributed by atoms with van der Waals surface area (Å²) in [6.45, 7) is 2.76. The van der Waals surface area contributed by atoms with E-state index in [1.807, 2.05) is 6.92 Å². The number of rotatable bonds is 3. The van der Waals surface area contributed by atoms with Crippen LogP contribution in [-0.2, 0) is 4.74 Å². The fraction of sp³-hybridized carbons (Fsp3) is 0.462. The molecular weight excluding hydrogens is 296 g/mol. The lowest BCUT2D eigenvalue weighted by Crippen LogP contribution is -2.40. The topological polar surface area (TPSA) is 64.4 Å². The van der Waals surface area contributed by atoms with Crippen molar-refractivity contribution in [3.63, 3.8) is 0 Å². The maximum atomic E-state index is 12.0. The lowest BCUT2D eigenvalue weighted by atomic mass is 10.1. The van der Waals surface area contributed by atoms with Gasteiger partial charge in [0.25, 0.3) is 5.91 Å². The molecule has 1 aliphatic heterocycles. The van der Waals surface area contributed by atoms with Crippen LogP contribution in [0.3, 0.4) is 0 Å². The highest BCUT2D eigenvalue weighted by molar-refractivity contribution is 9.10. The number of nitrogens with one attached hydrogen (secondary N) is 1. The van der Waals surface area contributed by atoms with Crippen LogP contribution in [0, 0.1) is 0 Å². The molecule has 0 saturated carbocycles. The molecule has 1 heterocycles. The van der Waals surface area contributed by atoms with Gasteiger partial charge in [0.15, 0.2) is 0 Å². The van der Waals surface area contributed by atoms with E-state index in [2.05, 4.69) is 21.2 Å². The van der Waals surface area contributed by atoms with Crippen LogP contribution >= 0.6 is 15.9 Å². The van der Waals surface area contributed by atoms with Gasteiger partial charge in [-0.15, -0.1) is 0 Å². The first-order valence-electron chi connectivity index (χ1n) is 6.05. The molecule has 1 aromatic carbocycles. The van der Waals surface area contributed by atoms with Gasteiger partial charge in [0.2, 0.25) is 0 Å². The summed E-state index contributed by atoms with van der Waals surface area (Å²) in [5, 5.41) is 2.96. The zero-order chi connectivity index (χ0) is 13.1. The Balaban J connectivity index is 2.00. The second-order valence-electron chi connectivity index (χ2n) is 4.55. The van der Waals surface area contributed by atoms with E-state index in [0.717, 1.165) is 23.9 Å². The minimum Gasteiger partial charge on any atom is -0.398 e. The Morgan fingerprint density at radius 1 is 1.61 bits per heavy atom. The second-order valence-corrected chi connectivity index (χ2v) is 5.40. The maximum Gasteiger partial charge on any atom is 0.251 e. The lowest BCUT2D eigenvalue weighted by molar-refractivity contribution is 0.0712. The predicted molar refractivity (Wildman–Crippen MR) is 74.5 cm³/mol. The average Bonchev–Trinajstić information content (AvgIpc) is 2.86. The van der Waals surface area contributed by atoms with E-state index in [-0.39, 0.29) is 18.1 Å². The van der Waals surface area contributed by atoms with Crippen LogP contribution < -0.4 is 11.1 Å². The molecule has 1 fully saturated rings. The minimum atomic E-state index is -0.0984. The highest BCUT2D eigenvalue weighted by Gasteiger charge is 2.24. The molecule has 0 bridgehead atoms. The Hall–Kier alpha value is -1.07. The lowest BCUT2D eigenvalue weighted by Gasteiger charge is -2.20. The number of nitrogen functional groups attached to an aromatic ring is 1. The number of carbonyl (C=O) groups is 1. The molecule has 0 aromatic heterocycles. The molecule has 5 heteroatoms. The van der Waals surface area contributed by atoms with Crippen molar-refractivity contribution in [3.8, 4) is 0 Å². The molecule has 2 atom stereocenters. The average molecular weight is 313 g/mol. The summed E-state index contributed by atoms with van der Waals surface area (Å²) in [5.41, 5.74) is 6.91. The SMILES string of the molecule is CC(NC(=O)c1ccc(N)c(Br)c1)C1CCCO1. The van der Waals surface area contributed by atoms with Crippen LogP contribution in [0.25, 0.3) is 0 Å². The van der Waals surface area contributed by atoms with E-state index in [4.69, 9.17) is 10.5 Å². The van der Waals surface area contributed by atoms with E-state index in [1.54, 1.807) is 18.2 Å². The van der Waals surface area contributed by atoms with Crippen molar-refractivity contribution in [1.29, 1.82) is 0 Å². The quantitative estimate of drug-likeness (QED) is 0.842. The third-order valence-electron chi connectivity index (χ3n) is 3.14. The van der Waals surface area contributed by atoms with Gasteiger partial charge in [-0.2, -0.15) is 0 Å². The van der Waals surface area contributed by atoms with Gasteiger partial charge in [0, 0.05) is 22.3 Å². The van der Waals surface area contributed by atoms with E-state index in [1.165, 1.54) is 0 Å². The third-order valence-corrected chi connectivity index (χ3v) is 3.83. The molecule has 0 aliphatic carbocycles. The molecule has 1 amide bonds. The molecule has 1 aliphatic rings. The van der Waals surface area contributed by atoms with Crippen molar-refractivity contribution in [1.82, 2.24) is 5.32 Å². The minimum absolute atomic E-state index is 0.0244. The fourth-order valence-electron chi connectivity index (χ4n) is 2.05. The molecule has 18 heavy (non-hydrogen) atoms. The second kappa shape index (κ2) is 5.71. The third kappa shape index (κ3) is 3.03. The Kier molecular flexibility index (Phi) is 4.24. The monoisotopic (exact) mass is 312 g/mol. The highest BCUT2D eigenvalue weighted by atomic mass is 79.9. The molecular formula is C13H17BrN2O2. The molecule has 1 saturated heterocycles. The van der Waals surface area contributed by atoms with Crippen molar-refractivity contribution in [2.24, 2.45) is 0 Å². The molecule has 2 unspecified atom stereocenters. The van der Waals surface area contributed by atoms with Crippen LogP contribution in [0.1, 0.15) is 30.1 Å².